The zero-order chi connectivity index (χ0) is 20.2. The van der Waals surface area contributed by atoms with E-state index in [1.54, 1.807) is 24.3 Å². The van der Waals surface area contributed by atoms with Gasteiger partial charge in [0.2, 0.25) is 11.1 Å². The summed E-state index contributed by atoms with van der Waals surface area (Å²) in [6.07, 6.45) is 0. The molecule has 1 N–H and O–H groups in total. The summed E-state index contributed by atoms with van der Waals surface area (Å²) < 4.78 is 1.52. The highest BCUT2D eigenvalue weighted by Gasteiger charge is 2.13. The smallest absolute Gasteiger partial charge is 0.270 e. The number of rotatable bonds is 6. The number of hydrogen-bond donors (Lipinski definition) is 1. The van der Waals surface area contributed by atoms with Gasteiger partial charge in [-0.15, -0.1) is 10.2 Å². The topological polar surface area (TPSA) is 115 Å². The van der Waals surface area contributed by atoms with Crippen LogP contribution in [0.15, 0.2) is 71.9 Å². The number of aromatic nitrogens is 4. The van der Waals surface area contributed by atoms with Crippen molar-refractivity contribution in [1.29, 1.82) is 0 Å². The van der Waals surface area contributed by atoms with Crippen molar-refractivity contribution in [2.24, 2.45) is 0 Å². The van der Waals surface area contributed by atoms with Gasteiger partial charge in [-0.2, -0.15) is 9.61 Å². The van der Waals surface area contributed by atoms with Gasteiger partial charge in [0.15, 0.2) is 5.65 Å². The van der Waals surface area contributed by atoms with Gasteiger partial charge in [-0.25, -0.2) is 0 Å². The summed E-state index contributed by atoms with van der Waals surface area (Å²) in [5.74, 6) is -0.0360. The van der Waals surface area contributed by atoms with Crippen molar-refractivity contribution in [3.05, 3.63) is 76.8 Å². The van der Waals surface area contributed by atoms with Gasteiger partial charge in [-0.3, -0.25) is 14.9 Å². The van der Waals surface area contributed by atoms with Gasteiger partial charge in [0, 0.05) is 23.4 Å². The average molecular weight is 406 g/mol. The lowest BCUT2D eigenvalue weighted by molar-refractivity contribution is -0.384. The fourth-order valence-electron chi connectivity index (χ4n) is 2.64. The number of thioether (sulfide) groups is 1. The van der Waals surface area contributed by atoms with Crippen LogP contribution >= 0.6 is 11.8 Å². The first-order valence-corrected chi connectivity index (χ1v) is 9.54. The number of anilines is 1. The minimum Gasteiger partial charge on any atom is -0.325 e. The molecule has 0 saturated heterocycles. The first-order chi connectivity index (χ1) is 14.1. The van der Waals surface area contributed by atoms with Gasteiger partial charge < -0.3 is 5.32 Å². The highest BCUT2D eigenvalue weighted by Crippen LogP contribution is 2.24. The van der Waals surface area contributed by atoms with E-state index in [1.807, 2.05) is 30.3 Å². The molecule has 0 radical (unpaired) electrons. The van der Waals surface area contributed by atoms with Gasteiger partial charge in [0.05, 0.1) is 16.4 Å². The normalized spacial score (nSPS) is 10.8. The SMILES string of the molecule is O=C(CSc1nnc2ccc(-c3cccc([N+](=O)[O-])c3)nn12)Nc1ccccc1. The summed E-state index contributed by atoms with van der Waals surface area (Å²) in [6.45, 7) is 0. The molecule has 0 aliphatic rings. The summed E-state index contributed by atoms with van der Waals surface area (Å²) in [5, 5.41) is 26.9. The second-order valence-corrected chi connectivity index (χ2v) is 6.92. The molecule has 1 amide bonds. The summed E-state index contributed by atoms with van der Waals surface area (Å²) >= 11 is 1.20. The van der Waals surface area contributed by atoms with Crippen LogP contribution in [0.25, 0.3) is 16.9 Å². The monoisotopic (exact) mass is 406 g/mol. The summed E-state index contributed by atoms with van der Waals surface area (Å²) in [7, 11) is 0. The highest BCUT2D eigenvalue weighted by atomic mass is 32.2. The molecule has 29 heavy (non-hydrogen) atoms. The lowest BCUT2D eigenvalue weighted by Crippen LogP contribution is -2.14. The van der Waals surface area contributed by atoms with Crippen molar-refractivity contribution in [3.63, 3.8) is 0 Å². The summed E-state index contributed by atoms with van der Waals surface area (Å²) in [4.78, 5) is 22.7. The van der Waals surface area contributed by atoms with Crippen molar-refractivity contribution in [3.8, 4) is 11.3 Å². The maximum atomic E-state index is 12.2. The highest BCUT2D eigenvalue weighted by molar-refractivity contribution is 7.99. The molecule has 10 heteroatoms. The number of fused-ring (bicyclic) bond motifs is 1. The predicted molar refractivity (Wildman–Crippen MR) is 109 cm³/mol. The van der Waals surface area contributed by atoms with Crippen molar-refractivity contribution >= 4 is 34.7 Å². The maximum Gasteiger partial charge on any atom is 0.270 e. The molecule has 0 aliphatic heterocycles. The number of nitro benzene ring substituents is 1. The molecule has 0 fully saturated rings. The standard InChI is InChI=1S/C19H14N6O3S/c26-18(20-14-6-2-1-3-7-14)12-29-19-22-21-17-10-9-16(23-24(17)19)13-5-4-8-15(11-13)25(27)28/h1-11H,12H2,(H,20,26). The van der Waals surface area contributed by atoms with Crippen LogP contribution in [0, 0.1) is 10.1 Å². The summed E-state index contributed by atoms with van der Waals surface area (Å²) in [6, 6.07) is 18.8. The van der Waals surface area contributed by atoms with E-state index >= 15 is 0 Å². The maximum absolute atomic E-state index is 12.2. The Labute approximate surface area is 168 Å². The van der Waals surface area contributed by atoms with Crippen molar-refractivity contribution < 1.29 is 9.72 Å². The number of nitro groups is 1. The molecule has 0 bridgehead atoms. The minimum atomic E-state index is -0.451. The second kappa shape index (κ2) is 8.07. The first kappa shape index (κ1) is 18.6. The van der Waals surface area contributed by atoms with Gasteiger partial charge in [-0.05, 0) is 24.3 Å². The van der Waals surface area contributed by atoms with Crippen molar-refractivity contribution in [2.75, 3.05) is 11.1 Å². The Bertz CT molecular complexity index is 1200. The summed E-state index contributed by atoms with van der Waals surface area (Å²) in [5.41, 5.74) is 2.37. The number of non-ortho nitro benzene ring substituents is 1. The van der Waals surface area contributed by atoms with E-state index in [0.29, 0.717) is 22.1 Å². The number of carbonyl (C=O) groups is 1. The Morgan fingerprint density at radius 1 is 1.07 bits per heavy atom. The second-order valence-electron chi connectivity index (χ2n) is 5.98. The van der Waals surface area contributed by atoms with Crippen LogP contribution < -0.4 is 5.32 Å². The molecule has 0 aliphatic carbocycles. The Morgan fingerprint density at radius 3 is 2.69 bits per heavy atom. The van der Waals surface area contributed by atoms with Crippen LogP contribution in [0.2, 0.25) is 0 Å². The molecule has 0 atom stereocenters. The third kappa shape index (κ3) is 4.22. The van der Waals surface area contributed by atoms with Crippen LogP contribution in [-0.4, -0.2) is 36.4 Å². The Balaban J connectivity index is 1.53. The Hall–Kier alpha value is -3.79. The minimum absolute atomic E-state index is 0.0136. The molecule has 2 aromatic carbocycles. The molecule has 0 saturated carbocycles. The number of amides is 1. The molecule has 2 heterocycles. The van der Waals surface area contributed by atoms with E-state index in [4.69, 9.17) is 0 Å². The Kier molecular flexibility index (Phi) is 5.16. The molecule has 4 rings (SSSR count). The third-order valence-electron chi connectivity index (χ3n) is 3.98. The molecule has 144 valence electrons. The zero-order valence-corrected chi connectivity index (χ0v) is 15.7. The number of carbonyl (C=O) groups excluding carboxylic acids is 1. The fraction of sp³-hybridized carbons (Fsp3) is 0.0526. The van der Waals surface area contributed by atoms with Crippen LogP contribution in [0.3, 0.4) is 0 Å². The first-order valence-electron chi connectivity index (χ1n) is 8.55. The number of benzene rings is 2. The van der Waals surface area contributed by atoms with Crippen LogP contribution in [0.4, 0.5) is 11.4 Å². The third-order valence-corrected chi connectivity index (χ3v) is 4.90. The molecular weight excluding hydrogens is 392 g/mol. The molecule has 2 aromatic heterocycles. The van der Waals surface area contributed by atoms with E-state index < -0.39 is 4.92 Å². The van der Waals surface area contributed by atoms with E-state index in [-0.39, 0.29) is 17.3 Å². The van der Waals surface area contributed by atoms with Crippen LogP contribution in [0.1, 0.15) is 0 Å². The molecule has 4 aromatic rings. The largest absolute Gasteiger partial charge is 0.325 e. The average Bonchev–Trinajstić information content (AvgIpc) is 3.15. The van der Waals surface area contributed by atoms with E-state index in [9.17, 15) is 14.9 Å². The van der Waals surface area contributed by atoms with Crippen LogP contribution in [-0.2, 0) is 4.79 Å². The molecule has 0 spiro atoms. The Morgan fingerprint density at radius 2 is 1.90 bits per heavy atom. The number of para-hydroxylation sites is 1. The van der Waals surface area contributed by atoms with E-state index in [2.05, 4.69) is 20.6 Å². The zero-order valence-electron chi connectivity index (χ0n) is 14.9. The lowest BCUT2D eigenvalue weighted by atomic mass is 10.1. The van der Waals surface area contributed by atoms with Gasteiger partial charge in [0.25, 0.3) is 5.69 Å². The van der Waals surface area contributed by atoms with E-state index in [0.717, 1.165) is 5.69 Å². The van der Waals surface area contributed by atoms with Crippen molar-refractivity contribution in [1.82, 2.24) is 19.8 Å². The van der Waals surface area contributed by atoms with Crippen molar-refractivity contribution in [2.45, 2.75) is 5.16 Å². The quantitative estimate of drug-likeness (QED) is 0.296. The van der Waals surface area contributed by atoms with Gasteiger partial charge in [-0.1, -0.05) is 42.1 Å². The van der Waals surface area contributed by atoms with Gasteiger partial charge >= 0.3 is 0 Å². The van der Waals surface area contributed by atoms with E-state index in [1.165, 1.54) is 28.4 Å². The lowest BCUT2D eigenvalue weighted by Gasteiger charge is -2.05. The van der Waals surface area contributed by atoms with Gasteiger partial charge in [0.1, 0.15) is 0 Å². The predicted octanol–water partition coefficient (Wildman–Crippen LogP) is 3.43. The number of nitrogens with one attached hydrogen (secondary N) is 1. The molecule has 9 nitrogen and oxygen atoms in total. The molecular formula is C19H14N6O3S. The number of nitrogens with zero attached hydrogens (tertiary/aromatic N) is 5. The van der Waals surface area contributed by atoms with Crippen LogP contribution in [0.5, 0.6) is 0 Å². The number of hydrogen-bond acceptors (Lipinski definition) is 7. The molecule has 0 unspecified atom stereocenters. The fourth-order valence-corrected chi connectivity index (χ4v) is 3.33.